The quantitative estimate of drug-likeness (QED) is 0.663. The number of piperidine rings is 1. The summed E-state index contributed by atoms with van der Waals surface area (Å²) in [5.41, 5.74) is 3.52. The Morgan fingerprint density at radius 1 is 1.06 bits per heavy atom. The van der Waals surface area contributed by atoms with E-state index in [1.54, 1.807) is 6.07 Å². The second-order valence-electron chi connectivity index (χ2n) is 9.07. The van der Waals surface area contributed by atoms with Crippen LogP contribution in [0.15, 0.2) is 42.5 Å². The molecule has 2 aromatic carbocycles. The van der Waals surface area contributed by atoms with Gasteiger partial charge in [0.15, 0.2) is 0 Å². The summed E-state index contributed by atoms with van der Waals surface area (Å²) < 4.78 is 0. The van der Waals surface area contributed by atoms with E-state index >= 15 is 0 Å². The summed E-state index contributed by atoms with van der Waals surface area (Å²) in [4.78, 5) is 27.9. The molecule has 1 atom stereocenters. The first-order valence-corrected chi connectivity index (χ1v) is 11.6. The molecule has 32 heavy (non-hydrogen) atoms. The minimum atomic E-state index is 0.0237. The zero-order valence-corrected chi connectivity index (χ0v) is 18.6. The van der Waals surface area contributed by atoms with Crippen LogP contribution in [0.5, 0.6) is 5.75 Å². The molecule has 2 aliphatic heterocycles. The van der Waals surface area contributed by atoms with Crippen molar-refractivity contribution in [3.05, 3.63) is 42.5 Å². The molecule has 1 aromatic heterocycles. The standard InChI is InChI=1S/C25H31N5O2/c1-28-11-5-13-29(15-14-28)25(32)18-6-4-12-30(17-18)19-9-10-23(31)20(16-19)24-26-21-7-2-3-8-22(21)27-24/h2-3,7-10,16,18,31H,4-6,11-15,17H2,1H3,(H,26,27). The maximum atomic E-state index is 13.3. The number of carbonyl (C=O) groups excluding carboxylic acids is 1. The number of phenols is 1. The molecule has 0 bridgehead atoms. The molecule has 2 N–H and O–H groups in total. The molecule has 0 saturated carbocycles. The van der Waals surface area contributed by atoms with Crippen LogP contribution in [0, 0.1) is 5.92 Å². The van der Waals surface area contributed by atoms with E-state index in [1.165, 1.54) is 0 Å². The van der Waals surface area contributed by atoms with Gasteiger partial charge >= 0.3 is 0 Å². The van der Waals surface area contributed by atoms with Crippen LogP contribution in [-0.2, 0) is 4.79 Å². The van der Waals surface area contributed by atoms with E-state index in [1.807, 2.05) is 36.4 Å². The number of nitrogens with zero attached hydrogens (tertiary/aromatic N) is 4. The SMILES string of the molecule is CN1CCCN(C(=O)C2CCCN(c3ccc(O)c(-c4nc5ccccc5[nH]4)c3)C2)CC1. The van der Waals surface area contributed by atoms with Gasteiger partial charge in [-0.2, -0.15) is 0 Å². The number of aromatic hydroxyl groups is 1. The van der Waals surface area contributed by atoms with Crippen LogP contribution >= 0.6 is 0 Å². The number of hydrogen-bond donors (Lipinski definition) is 2. The molecule has 2 saturated heterocycles. The predicted molar refractivity (Wildman–Crippen MR) is 127 cm³/mol. The van der Waals surface area contributed by atoms with Crippen molar-refractivity contribution < 1.29 is 9.90 Å². The van der Waals surface area contributed by atoms with E-state index in [9.17, 15) is 9.90 Å². The van der Waals surface area contributed by atoms with Crippen molar-refractivity contribution in [1.29, 1.82) is 0 Å². The third-order valence-electron chi connectivity index (χ3n) is 6.79. The van der Waals surface area contributed by atoms with E-state index < -0.39 is 0 Å². The number of imidazole rings is 1. The highest BCUT2D eigenvalue weighted by Gasteiger charge is 2.30. The number of anilines is 1. The van der Waals surface area contributed by atoms with Crippen molar-refractivity contribution in [3.63, 3.8) is 0 Å². The zero-order valence-electron chi connectivity index (χ0n) is 18.6. The summed E-state index contributed by atoms with van der Waals surface area (Å²) in [7, 11) is 2.13. The van der Waals surface area contributed by atoms with Crippen molar-refractivity contribution in [2.75, 3.05) is 51.2 Å². The van der Waals surface area contributed by atoms with Crippen molar-refractivity contribution in [3.8, 4) is 17.1 Å². The van der Waals surface area contributed by atoms with Crippen LogP contribution in [-0.4, -0.2) is 77.1 Å². The molecule has 5 rings (SSSR count). The smallest absolute Gasteiger partial charge is 0.227 e. The van der Waals surface area contributed by atoms with E-state index in [4.69, 9.17) is 0 Å². The minimum Gasteiger partial charge on any atom is -0.507 e. The van der Waals surface area contributed by atoms with E-state index in [2.05, 4.69) is 31.7 Å². The molecular formula is C25H31N5O2. The molecule has 0 radical (unpaired) electrons. The van der Waals surface area contributed by atoms with Crippen molar-refractivity contribution in [2.45, 2.75) is 19.3 Å². The van der Waals surface area contributed by atoms with Gasteiger partial charge in [0, 0.05) is 38.4 Å². The number of para-hydroxylation sites is 2. The normalized spacial score (nSPS) is 20.5. The fourth-order valence-electron chi connectivity index (χ4n) is 4.93. The molecule has 7 nitrogen and oxygen atoms in total. The van der Waals surface area contributed by atoms with Crippen LogP contribution in [0.2, 0.25) is 0 Å². The molecule has 1 unspecified atom stereocenters. The summed E-state index contributed by atoms with van der Waals surface area (Å²) in [5.74, 6) is 1.17. The molecule has 2 aliphatic rings. The fraction of sp³-hybridized carbons (Fsp3) is 0.440. The highest BCUT2D eigenvalue weighted by molar-refractivity contribution is 5.82. The molecule has 0 spiro atoms. The average Bonchev–Trinajstić information content (AvgIpc) is 3.13. The van der Waals surface area contributed by atoms with Gasteiger partial charge in [0.05, 0.1) is 22.5 Å². The number of rotatable bonds is 3. The number of likely N-dealkylation sites (N-methyl/N-ethyl adjacent to an activating group) is 1. The van der Waals surface area contributed by atoms with Gasteiger partial charge in [0.25, 0.3) is 0 Å². The molecular weight excluding hydrogens is 402 g/mol. The number of hydrogen-bond acceptors (Lipinski definition) is 5. The predicted octanol–water partition coefficient (Wildman–Crippen LogP) is 3.32. The molecule has 3 aromatic rings. The summed E-state index contributed by atoms with van der Waals surface area (Å²) in [5, 5.41) is 10.5. The van der Waals surface area contributed by atoms with Gasteiger partial charge in [-0.15, -0.1) is 0 Å². The lowest BCUT2D eigenvalue weighted by Gasteiger charge is -2.36. The minimum absolute atomic E-state index is 0.0237. The Morgan fingerprint density at radius 3 is 2.81 bits per heavy atom. The number of aromatic amines is 1. The second-order valence-corrected chi connectivity index (χ2v) is 9.07. The van der Waals surface area contributed by atoms with E-state index in [-0.39, 0.29) is 11.7 Å². The first-order chi connectivity index (χ1) is 15.6. The number of carbonyl (C=O) groups is 1. The van der Waals surface area contributed by atoms with Crippen LogP contribution < -0.4 is 4.90 Å². The van der Waals surface area contributed by atoms with Crippen LogP contribution in [0.3, 0.4) is 0 Å². The monoisotopic (exact) mass is 433 g/mol. The maximum absolute atomic E-state index is 13.3. The Balaban J connectivity index is 1.35. The lowest BCUT2D eigenvalue weighted by Crippen LogP contribution is -2.46. The summed E-state index contributed by atoms with van der Waals surface area (Å²) in [6, 6.07) is 13.5. The van der Waals surface area contributed by atoms with Gasteiger partial charge in [0.1, 0.15) is 11.6 Å². The Kier molecular flexibility index (Phi) is 5.74. The van der Waals surface area contributed by atoms with Gasteiger partial charge < -0.3 is 24.8 Å². The summed E-state index contributed by atoms with van der Waals surface area (Å²) in [6.07, 6.45) is 2.97. The van der Waals surface area contributed by atoms with Gasteiger partial charge in [-0.1, -0.05) is 12.1 Å². The van der Waals surface area contributed by atoms with Crippen molar-refractivity contribution in [1.82, 2.24) is 19.8 Å². The first-order valence-electron chi connectivity index (χ1n) is 11.6. The Bertz CT molecular complexity index is 1080. The number of aromatic nitrogens is 2. The number of nitrogens with one attached hydrogen (secondary N) is 1. The third kappa shape index (κ3) is 4.17. The average molecular weight is 434 g/mol. The Labute approximate surface area is 188 Å². The van der Waals surface area contributed by atoms with Gasteiger partial charge in [-0.05, 0) is 63.2 Å². The van der Waals surface area contributed by atoms with Gasteiger partial charge in [0.2, 0.25) is 5.91 Å². The largest absolute Gasteiger partial charge is 0.507 e. The number of fused-ring (bicyclic) bond motifs is 1. The van der Waals surface area contributed by atoms with Gasteiger partial charge in [-0.3, -0.25) is 4.79 Å². The third-order valence-corrected chi connectivity index (χ3v) is 6.79. The zero-order chi connectivity index (χ0) is 22.1. The molecule has 1 amide bonds. The molecule has 168 valence electrons. The number of benzene rings is 2. The number of phenolic OH excluding ortho intramolecular Hbond substituents is 1. The lowest BCUT2D eigenvalue weighted by molar-refractivity contribution is -0.135. The highest BCUT2D eigenvalue weighted by atomic mass is 16.3. The Hall–Kier alpha value is -3.06. The van der Waals surface area contributed by atoms with Gasteiger partial charge in [-0.25, -0.2) is 4.98 Å². The first kappa shape index (κ1) is 20.8. The Morgan fingerprint density at radius 2 is 1.94 bits per heavy atom. The van der Waals surface area contributed by atoms with Crippen LogP contribution in [0.4, 0.5) is 5.69 Å². The second kappa shape index (κ2) is 8.82. The van der Waals surface area contributed by atoms with E-state index in [0.717, 1.165) is 75.3 Å². The van der Waals surface area contributed by atoms with Crippen molar-refractivity contribution >= 4 is 22.6 Å². The lowest BCUT2D eigenvalue weighted by atomic mass is 9.95. The molecule has 3 heterocycles. The number of H-pyrrole nitrogens is 1. The van der Waals surface area contributed by atoms with Crippen LogP contribution in [0.1, 0.15) is 19.3 Å². The molecule has 0 aliphatic carbocycles. The summed E-state index contributed by atoms with van der Waals surface area (Å²) >= 11 is 0. The van der Waals surface area contributed by atoms with Crippen molar-refractivity contribution in [2.24, 2.45) is 5.92 Å². The maximum Gasteiger partial charge on any atom is 0.227 e. The number of amides is 1. The highest BCUT2D eigenvalue weighted by Crippen LogP contribution is 2.34. The molecule has 2 fully saturated rings. The molecule has 7 heteroatoms. The topological polar surface area (TPSA) is 75.7 Å². The van der Waals surface area contributed by atoms with E-state index in [0.29, 0.717) is 17.3 Å². The van der Waals surface area contributed by atoms with Crippen LogP contribution in [0.25, 0.3) is 22.4 Å². The fourth-order valence-corrected chi connectivity index (χ4v) is 4.93. The summed E-state index contributed by atoms with van der Waals surface area (Å²) in [6.45, 7) is 5.31.